The number of carbonyl (C=O) groups is 1. The molecule has 1 aromatic heterocycles. The van der Waals surface area contributed by atoms with Crippen molar-refractivity contribution in [2.45, 2.75) is 19.9 Å². The van der Waals surface area contributed by atoms with Crippen molar-refractivity contribution in [1.29, 1.82) is 0 Å². The minimum absolute atomic E-state index is 0. The van der Waals surface area contributed by atoms with E-state index in [2.05, 4.69) is 46.6 Å². The van der Waals surface area contributed by atoms with Crippen molar-refractivity contribution in [2.75, 3.05) is 31.6 Å². The molecular weight excluding hydrogens is 373 g/mol. The number of carbonyl (C=O) groups excluding carboxylic acids is 1. The zero-order valence-electron chi connectivity index (χ0n) is 15.7. The maximum Gasteiger partial charge on any atom is 0.241 e. The standard InChI is InChI=1S/C18H27N5O.2ClH/c1-5-23(16-9-7-6-8-14(16)2)11-10-20-18(24)17(19-3)15-12-21-22(4)13-15;;/h6-9,12-13,17,19H,5,10-11H2,1-4H3,(H,20,24);2*1H. The third kappa shape index (κ3) is 6.20. The highest BCUT2D eigenvalue weighted by molar-refractivity contribution is 5.85. The first kappa shape index (κ1) is 24.2. The van der Waals surface area contributed by atoms with Gasteiger partial charge in [-0.05, 0) is 32.5 Å². The molecule has 0 radical (unpaired) electrons. The quantitative estimate of drug-likeness (QED) is 0.712. The summed E-state index contributed by atoms with van der Waals surface area (Å²) in [5.74, 6) is -0.0358. The highest BCUT2D eigenvalue weighted by Crippen LogP contribution is 2.18. The second kappa shape index (κ2) is 11.8. The number of nitrogens with zero attached hydrogens (tertiary/aromatic N) is 3. The fraction of sp³-hybridized carbons (Fsp3) is 0.444. The van der Waals surface area contributed by atoms with Crippen LogP contribution >= 0.6 is 24.8 Å². The van der Waals surface area contributed by atoms with E-state index in [1.54, 1.807) is 17.9 Å². The highest BCUT2D eigenvalue weighted by atomic mass is 35.5. The molecular formula is C18H29Cl2N5O. The number of aromatic nitrogens is 2. The Labute approximate surface area is 168 Å². The van der Waals surface area contributed by atoms with Crippen LogP contribution in [0.2, 0.25) is 0 Å². The van der Waals surface area contributed by atoms with Gasteiger partial charge in [-0.1, -0.05) is 18.2 Å². The molecule has 0 saturated heterocycles. The van der Waals surface area contributed by atoms with E-state index in [1.807, 2.05) is 25.4 Å². The summed E-state index contributed by atoms with van der Waals surface area (Å²) < 4.78 is 1.70. The Hall–Kier alpha value is -1.76. The molecule has 8 heteroatoms. The average Bonchev–Trinajstić information content (AvgIpc) is 2.99. The number of halogens is 2. The van der Waals surface area contributed by atoms with Crippen LogP contribution in [-0.2, 0) is 11.8 Å². The van der Waals surface area contributed by atoms with E-state index in [9.17, 15) is 4.79 Å². The molecule has 0 aliphatic carbocycles. The molecule has 0 saturated carbocycles. The first-order valence-electron chi connectivity index (χ1n) is 8.31. The Morgan fingerprint density at radius 1 is 1.31 bits per heavy atom. The lowest BCUT2D eigenvalue weighted by Gasteiger charge is -2.25. The predicted octanol–water partition coefficient (Wildman–Crippen LogP) is 2.48. The molecule has 2 rings (SSSR count). The van der Waals surface area contributed by atoms with Crippen LogP contribution in [0.4, 0.5) is 5.69 Å². The molecule has 1 heterocycles. The molecule has 1 amide bonds. The second-order valence-electron chi connectivity index (χ2n) is 5.83. The van der Waals surface area contributed by atoms with E-state index in [1.165, 1.54) is 11.3 Å². The summed E-state index contributed by atoms with van der Waals surface area (Å²) in [6.07, 6.45) is 3.57. The number of nitrogens with one attached hydrogen (secondary N) is 2. The van der Waals surface area contributed by atoms with Gasteiger partial charge in [0.05, 0.1) is 6.20 Å². The van der Waals surface area contributed by atoms with Crippen LogP contribution in [0.15, 0.2) is 36.7 Å². The van der Waals surface area contributed by atoms with Crippen molar-refractivity contribution in [2.24, 2.45) is 7.05 Å². The number of para-hydroxylation sites is 1. The van der Waals surface area contributed by atoms with Gasteiger partial charge in [-0.15, -0.1) is 24.8 Å². The van der Waals surface area contributed by atoms with Gasteiger partial charge in [-0.25, -0.2) is 0 Å². The Kier molecular flexibility index (Phi) is 11.0. The van der Waals surface area contributed by atoms with Gasteiger partial charge >= 0.3 is 0 Å². The number of rotatable bonds is 8. The molecule has 0 bridgehead atoms. The summed E-state index contributed by atoms with van der Waals surface area (Å²) in [6.45, 7) is 6.51. The number of aryl methyl sites for hydroxylation is 2. The third-order valence-electron chi connectivity index (χ3n) is 4.13. The fourth-order valence-corrected chi connectivity index (χ4v) is 2.82. The molecule has 146 valence electrons. The highest BCUT2D eigenvalue weighted by Gasteiger charge is 2.19. The number of anilines is 1. The van der Waals surface area contributed by atoms with Crippen LogP contribution in [-0.4, -0.2) is 42.4 Å². The minimum Gasteiger partial charge on any atom is -0.370 e. The van der Waals surface area contributed by atoms with E-state index in [4.69, 9.17) is 0 Å². The smallest absolute Gasteiger partial charge is 0.241 e. The monoisotopic (exact) mass is 401 g/mol. The Morgan fingerprint density at radius 2 is 2.00 bits per heavy atom. The number of benzene rings is 1. The van der Waals surface area contributed by atoms with E-state index < -0.39 is 0 Å². The van der Waals surface area contributed by atoms with Crippen molar-refractivity contribution in [1.82, 2.24) is 20.4 Å². The van der Waals surface area contributed by atoms with E-state index in [0.717, 1.165) is 18.7 Å². The van der Waals surface area contributed by atoms with Crippen LogP contribution in [0.1, 0.15) is 24.1 Å². The number of hydrogen-bond acceptors (Lipinski definition) is 4. The maximum atomic E-state index is 12.4. The summed E-state index contributed by atoms with van der Waals surface area (Å²) in [5, 5.41) is 10.2. The molecule has 0 fully saturated rings. The summed E-state index contributed by atoms with van der Waals surface area (Å²) in [4.78, 5) is 14.7. The lowest BCUT2D eigenvalue weighted by atomic mass is 10.1. The largest absolute Gasteiger partial charge is 0.370 e. The van der Waals surface area contributed by atoms with Crippen molar-refractivity contribution in [3.63, 3.8) is 0 Å². The average molecular weight is 402 g/mol. The Balaban J connectivity index is 0.00000312. The van der Waals surface area contributed by atoms with Gasteiger partial charge in [0.2, 0.25) is 5.91 Å². The van der Waals surface area contributed by atoms with Crippen molar-refractivity contribution < 1.29 is 4.79 Å². The van der Waals surface area contributed by atoms with Crippen LogP contribution in [0.25, 0.3) is 0 Å². The van der Waals surface area contributed by atoms with Gasteiger partial charge in [0.15, 0.2) is 0 Å². The van der Waals surface area contributed by atoms with Crippen LogP contribution in [0.3, 0.4) is 0 Å². The molecule has 6 nitrogen and oxygen atoms in total. The van der Waals surface area contributed by atoms with Crippen LogP contribution < -0.4 is 15.5 Å². The SMILES string of the molecule is CCN(CCNC(=O)C(NC)c1cnn(C)c1)c1ccccc1C.Cl.Cl. The first-order chi connectivity index (χ1) is 11.6. The predicted molar refractivity (Wildman–Crippen MR) is 112 cm³/mol. The van der Waals surface area contributed by atoms with Crippen molar-refractivity contribution >= 4 is 36.4 Å². The molecule has 1 atom stereocenters. The number of hydrogen-bond donors (Lipinski definition) is 2. The minimum atomic E-state index is -0.382. The summed E-state index contributed by atoms with van der Waals surface area (Å²) in [6, 6.07) is 7.93. The Bertz CT molecular complexity index is 677. The molecule has 0 aliphatic heterocycles. The molecule has 2 N–H and O–H groups in total. The maximum absolute atomic E-state index is 12.4. The van der Waals surface area contributed by atoms with E-state index in [-0.39, 0.29) is 36.8 Å². The molecule has 2 aromatic rings. The van der Waals surface area contributed by atoms with Gasteiger partial charge < -0.3 is 15.5 Å². The third-order valence-corrected chi connectivity index (χ3v) is 4.13. The second-order valence-corrected chi connectivity index (χ2v) is 5.83. The van der Waals surface area contributed by atoms with E-state index in [0.29, 0.717) is 6.54 Å². The molecule has 1 unspecified atom stereocenters. The summed E-state index contributed by atoms with van der Waals surface area (Å²) in [7, 11) is 3.62. The van der Waals surface area contributed by atoms with Crippen molar-refractivity contribution in [3.05, 3.63) is 47.8 Å². The lowest BCUT2D eigenvalue weighted by molar-refractivity contribution is -0.123. The molecule has 26 heavy (non-hydrogen) atoms. The zero-order valence-corrected chi connectivity index (χ0v) is 17.4. The van der Waals surface area contributed by atoms with Gasteiger partial charge in [0.25, 0.3) is 0 Å². The van der Waals surface area contributed by atoms with Gasteiger partial charge in [-0.3, -0.25) is 9.48 Å². The number of likely N-dealkylation sites (N-methyl/N-ethyl adjacent to an activating group) is 2. The molecule has 1 aromatic carbocycles. The normalized spacial score (nSPS) is 11.1. The van der Waals surface area contributed by atoms with Gasteiger partial charge in [-0.2, -0.15) is 5.10 Å². The fourth-order valence-electron chi connectivity index (χ4n) is 2.82. The van der Waals surface area contributed by atoms with Gasteiger partial charge in [0, 0.05) is 44.1 Å². The summed E-state index contributed by atoms with van der Waals surface area (Å²) in [5.41, 5.74) is 3.32. The summed E-state index contributed by atoms with van der Waals surface area (Å²) >= 11 is 0. The van der Waals surface area contributed by atoms with Crippen LogP contribution in [0, 0.1) is 6.92 Å². The Morgan fingerprint density at radius 3 is 2.54 bits per heavy atom. The topological polar surface area (TPSA) is 62.2 Å². The molecule has 0 aliphatic rings. The van der Waals surface area contributed by atoms with Gasteiger partial charge in [0.1, 0.15) is 6.04 Å². The molecule has 0 spiro atoms. The lowest BCUT2D eigenvalue weighted by Crippen LogP contribution is -2.40. The zero-order chi connectivity index (χ0) is 17.5. The van der Waals surface area contributed by atoms with Crippen molar-refractivity contribution in [3.8, 4) is 0 Å². The van der Waals surface area contributed by atoms with E-state index >= 15 is 0 Å². The van der Waals surface area contributed by atoms with Crippen LogP contribution in [0.5, 0.6) is 0 Å². The first-order valence-corrected chi connectivity index (χ1v) is 8.31. The number of amides is 1.